The van der Waals surface area contributed by atoms with E-state index in [-0.39, 0.29) is 24.9 Å². The number of aromatic nitrogens is 4. The van der Waals surface area contributed by atoms with Crippen LogP contribution in [0.25, 0.3) is 11.4 Å². The summed E-state index contributed by atoms with van der Waals surface area (Å²) in [5.41, 5.74) is 0.823. The molecule has 0 spiro atoms. The van der Waals surface area contributed by atoms with Gasteiger partial charge < -0.3 is 10.4 Å². The van der Waals surface area contributed by atoms with E-state index in [1.54, 1.807) is 6.92 Å². The molecular weight excluding hydrogens is 286 g/mol. The minimum Gasteiger partial charge on any atom is -0.481 e. The molecule has 0 saturated heterocycles. The number of carbonyl (C=O) groups excluding carboxylic acids is 1. The van der Waals surface area contributed by atoms with Gasteiger partial charge in [-0.2, -0.15) is 4.80 Å². The lowest BCUT2D eigenvalue weighted by molar-refractivity contribution is -0.137. The first-order valence-electron chi connectivity index (χ1n) is 6.89. The van der Waals surface area contributed by atoms with Gasteiger partial charge in [-0.05, 0) is 18.6 Å². The van der Waals surface area contributed by atoms with Crippen LogP contribution in [0.5, 0.6) is 0 Å². The quantitative estimate of drug-likeness (QED) is 0.779. The number of hydrogen-bond donors (Lipinski definition) is 2. The fraction of sp³-hybridized carbons (Fsp3) is 0.357. The van der Waals surface area contributed by atoms with Gasteiger partial charge in [0, 0.05) is 18.0 Å². The van der Waals surface area contributed by atoms with Crippen LogP contribution in [0.1, 0.15) is 19.8 Å². The van der Waals surface area contributed by atoms with Crippen LogP contribution >= 0.6 is 0 Å². The van der Waals surface area contributed by atoms with Gasteiger partial charge >= 0.3 is 5.97 Å². The SMILES string of the molecule is CC(CCC(=O)O)NC(=O)Cn1nnc(-c2ccccc2)n1. The molecule has 2 N–H and O–H groups in total. The number of nitrogens with zero attached hydrogens (tertiary/aromatic N) is 4. The van der Waals surface area contributed by atoms with E-state index in [1.807, 2.05) is 30.3 Å². The van der Waals surface area contributed by atoms with Crippen molar-refractivity contribution in [2.75, 3.05) is 0 Å². The molecule has 116 valence electrons. The maximum absolute atomic E-state index is 11.8. The third-order valence-corrected chi connectivity index (χ3v) is 2.97. The standard InChI is InChI=1S/C14H17N5O3/c1-10(7-8-13(21)22)15-12(20)9-19-17-14(16-18-19)11-5-3-2-4-6-11/h2-6,10H,7-9H2,1H3,(H,15,20)(H,21,22). The molecule has 1 unspecified atom stereocenters. The van der Waals surface area contributed by atoms with Crippen LogP contribution in [0.3, 0.4) is 0 Å². The molecule has 0 fully saturated rings. The lowest BCUT2D eigenvalue weighted by Gasteiger charge is -2.11. The molecule has 0 aliphatic heterocycles. The molecule has 8 heteroatoms. The molecule has 0 saturated carbocycles. The summed E-state index contributed by atoms with van der Waals surface area (Å²) in [6.07, 6.45) is 0.391. The first-order chi connectivity index (χ1) is 10.5. The molecule has 1 aromatic heterocycles. The van der Waals surface area contributed by atoms with Crippen molar-refractivity contribution in [2.45, 2.75) is 32.4 Å². The van der Waals surface area contributed by atoms with Gasteiger partial charge in [0.2, 0.25) is 11.7 Å². The number of amides is 1. The van der Waals surface area contributed by atoms with Crippen LogP contribution in [0, 0.1) is 0 Å². The molecule has 1 amide bonds. The van der Waals surface area contributed by atoms with Crippen molar-refractivity contribution in [1.82, 2.24) is 25.5 Å². The maximum Gasteiger partial charge on any atom is 0.303 e. The number of tetrazole rings is 1. The second-order valence-corrected chi connectivity index (χ2v) is 4.91. The highest BCUT2D eigenvalue weighted by molar-refractivity contribution is 5.76. The number of carbonyl (C=O) groups is 2. The number of benzene rings is 1. The number of nitrogens with one attached hydrogen (secondary N) is 1. The lowest BCUT2D eigenvalue weighted by atomic mass is 10.2. The average Bonchev–Trinajstić information content (AvgIpc) is 2.94. The number of carboxylic acid groups (broad SMARTS) is 1. The second-order valence-electron chi connectivity index (χ2n) is 4.91. The molecule has 1 atom stereocenters. The Morgan fingerprint density at radius 3 is 2.73 bits per heavy atom. The van der Waals surface area contributed by atoms with Crippen molar-refractivity contribution in [3.8, 4) is 11.4 Å². The van der Waals surface area contributed by atoms with Crippen molar-refractivity contribution < 1.29 is 14.7 Å². The predicted octanol–water partition coefficient (Wildman–Crippen LogP) is 0.710. The summed E-state index contributed by atoms with van der Waals surface area (Å²) >= 11 is 0. The molecule has 1 aromatic carbocycles. The van der Waals surface area contributed by atoms with Gasteiger partial charge in [-0.15, -0.1) is 10.2 Å². The van der Waals surface area contributed by atoms with E-state index in [0.717, 1.165) is 5.56 Å². The summed E-state index contributed by atoms with van der Waals surface area (Å²) < 4.78 is 0. The zero-order valence-corrected chi connectivity index (χ0v) is 12.1. The van der Waals surface area contributed by atoms with Crippen LogP contribution in [0.2, 0.25) is 0 Å². The van der Waals surface area contributed by atoms with E-state index in [4.69, 9.17) is 5.11 Å². The van der Waals surface area contributed by atoms with E-state index in [2.05, 4.69) is 20.7 Å². The van der Waals surface area contributed by atoms with Crippen molar-refractivity contribution in [3.63, 3.8) is 0 Å². The summed E-state index contributed by atoms with van der Waals surface area (Å²) in [6, 6.07) is 9.12. The molecule has 0 aliphatic carbocycles. The zero-order chi connectivity index (χ0) is 15.9. The smallest absolute Gasteiger partial charge is 0.303 e. The average molecular weight is 303 g/mol. The first kappa shape index (κ1) is 15.6. The minimum atomic E-state index is -0.883. The Labute approximate surface area is 127 Å². The normalized spacial score (nSPS) is 11.9. The lowest BCUT2D eigenvalue weighted by Crippen LogP contribution is -2.35. The maximum atomic E-state index is 11.8. The Bertz CT molecular complexity index is 641. The molecular formula is C14H17N5O3. The van der Waals surface area contributed by atoms with Crippen molar-refractivity contribution >= 4 is 11.9 Å². The second kappa shape index (κ2) is 7.30. The van der Waals surface area contributed by atoms with Gasteiger partial charge in [-0.3, -0.25) is 9.59 Å². The monoisotopic (exact) mass is 303 g/mol. The summed E-state index contributed by atoms with van der Waals surface area (Å²) in [4.78, 5) is 23.5. The molecule has 22 heavy (non-hydrogen) atoms. The Hall–Kier alpha value is -2.77. The minimum absolute atomic E-state index is 0.0151. The molecule has 1 heterocycles. The highest BCUT2D eigenvalue weighted by Crippen LogP contribution is 2.11. The summed E-state index contributed by atoms with van der Waals surface area (Å²) in [7, 11) is 0. The number of aliphatic carboxylic acids is 1. The summed E-state index contributed by atoms with van der Waals surface area (Å²) in [5.74, 6) is -0.714. The zero-order valence-electron chi connectivity index (χ0n) is 12.1. The van der Waals surface area contributed by atoms with Crippen LogP contribution < -0.4 is 5.32 Å². The van der Waals surface area contributed by atoms with E-state index < -0.39 is 5.97 Å². The van der Waals surface area contributed by atoms with Crippen molar-refractivity contribution in [2.24, 2.45) is 0 Å². The first-order valence-corrected chi connectivity index (χ1v) is 6.89. The Morgan fingerprint density at radius 1 is 1.32 bits per heavy atom. The molecule has 2 aromatic rings. The fourth-order valence-electron chi connectivity index (χ4n) is 1.87. The Balaban J connectivity index is 1.87. The predicted molar refractivity (Wildman–Crippen MR) is 77.7 cm³/mol. The fourth-order valence-corrected chi connectivity index (χ4v) is 1.87. The highest BCUT2D eigenvalue weighted by atomic mass is 16.4. The van der Waals surface area contributed by atoms with Gasteiger partial charge in [-0.25, -0.2) is 0 Å². The number of hydrogen-bond acceptors (Lipinski definition) is 5. The van der Waals surface area contributed by atoms with Crippen LogP contribution in [-0.4, -0.2) is 43.2 Å². The van der Waals surface area contributed by atoms with Crippen LogP contribution in [0.15, 0.2) is 30.3 Å². The molecule has 0 aliphatic rings. The van der Waals surface area contributed by atoms with Crippen LogP contribution in [-0.2, 0) is 16.1 Å². The topological polar surface area (TPSA) is 110 Å². The largest absolute Gasteiger partial charge is 0.481 e. The third kappa shape index (κ3) is 4.65. The van der Waals surface area contributed by atoms with Crippen LogP contribution in [0.4, 0.5) is 0 Å². The van der Waals surface area contributed by atoms with Gasteiger partial charge in [-0.1, -0.05) is 30.3 Å². The van der Waals surface area contributed by atoms with Gasteiger partial charge in [0.25, 0.3) is 0 Å². The van der Waals surface area contributed by atoms with Crippen molar-refractivity contribution in [3.05, 3.63) is 30.3 Å². The van der Waals surface area contributed by atoms with E-state index in [0.29, 0.717) is 12.2 Å². The number of rotatable bonds is 7. The van der Waals surface area contributed by atoms with E-state index in [9.17, 15) is 9.59 Å². The van der Waals surface area contributed by atoms with Gasteiger partial charge in [0.05, 0.1) is 0 Å². The Morgan fingerprint density at radius 2 is 2.05 bits per heavy atom. The van der Waals surface area contributed by atoms with E-state index >= 15 is 0 Å². The van der Waals surface area contributed by atoms with E-state index in [1.165, 1.54) is 4.80 Å². The third-order valence-electron chi connectivity index (χ3n) is 2.97. The molecule has 0 radical (unpaired) electrons. The molecule has 8 nitrogen and oxygen atoms in total. The summed E-state index contributed by atoms with van der Waals surface area (Å²) in [5, 5.41) is 23.2. The highest BCUT2D eigenvalue weighted by Gasteiger charge is 2.12. The summed E-state index contributed by atoms with van der Waals surface area (Å²) in [6.45, 7) is 1.70. The van der Waals surface area contributed by atoms with Crippen molar-refractivity contribution in [1.29, 1.82) is 0 Å². The van der Waals surface area contributed by atoms with Gasteiger partial charge in [0.15, 0.2) is 0 Å². The van der Waals surface area contributed by atoms with Gasteiger partial charge in [0.1, 0.15) is 6.54 Å². The molecule has 2 rings (SSSR count). The molecule has 0 bridgehead atoms. The Kier molecular flexibility index (Phi) is 5.18. The number of carboxylic acids is 1.